The van der Waals surface area contributed by atoms with Crippen LogP contribution in [-0.2, 0) is 0 Å². The second kappa shape index (κ2) is 12.1. The minimum Gasteiger partial charge on any atom is -0.496 e. The third-order valence-corrected chi connectivity index (χ3v) is 7.75. The van der Waals surface area contributed by atoms with Crippen LogP contribution >= 0.6 is 0 Å². The number of halogens is 1. The van der Waals surface area contributed by atoms with Crippen molar-refractivity contribution in [1.29, 1.82) is 0 Å². The van der Waals surface area contributed by atoms with Crippen LogP contribution in [0.4, 0.5) is 27.5 Å². The van der Waals surface area contributed by atoms with Gasteiger partial charge in [0.1, 0.15) is 29.0 Å². The van der Waals surface area contributed by atoms with E-state index in [1.165, 1.54) is 32.4 Å². The minimum absolute atomic E-state index is 0.112. The standard InChI is InChI=1S/C31H35FN8O/c1-41-26-9-5-8-24(32)30(26)31-34-13-12-27(38-31)37-28-17-25(40-16-6-7-22(33)20-40)23(19-35-28)21-10-11-29(36-18-21)39-14-3-2-4-15-39/h5,8-13,17-19,22H,2-4,6-7,14-16,20,33H2,1H3,(H,34,35,37,38)/t22-/m0/s1. The van der Waals surface area contributed by atoms with Crippen molar-refractivity contribution in [2.75, 3.05) is 48.4 Å². The molecule has 4 aromatic rings. The number of hydrogen-bond acceptors (Lipinski definition) is 9. The number of anilines is 4. The van der Waals surface area contributed by atoms with Gasteiger partial charge in [-0.15, -0.1) is 0 Å². The molecule has 2 fully saturated rings. The first-order valence-corrected chi connectivity index (χ1v) is 14.2. The number of ether oxygens (including phenoxy) is 1. The number of methoxy groups -OCH3 is 1. The SMILES string of the molecule is COc1cccc(F)c1-c1nccc(Nc2cc(N3CCC[C@H](N)C3)c(-c3ccc(N4CCCCC4)nc3)cn2)n1. The molecule has 2 aliphatic heterocycles. The van der Waals surface area contributed by atoms with Crippen LogP contribution in [0.2, 0.25) is 0 Å². The largest absolute Gasteiger partial charge is 0.496 e. The van der Waals surface area contributed by atoms with Crippen molar-refractivity contribution in [2.45, 2.75) is 38.1 Å². The Hall–Kier alpha value is -4.31. The van der Waals surface area contributed by atoms with E-state index in [-0.39, 0.29) is 17.4 Å². The molecule has 0 amide bonds. The molecule has 2 saturated heterocycles. The Morgan fingerprint density at radius 2 is 1.78 bits per heavy atom. The number of benzene rings is 1. The number of rotatable bonds is 7. The summed E-state index contributed by atoms with van der Waals surface area (Å²) in [7, 11) is 1.50. The van der Waals surface area contributed by atoms with Gasteiger partial charge in [0, 0.05) is 73.7 Å². The molecule has 3 N–H and O–H groups in total. The summed E-state index contributed by atoms with van der Waals surface area (Å²) in [6, 6.07) is 12.8. The van der Waals surface area contributed by atoms with Crippen molar-refractivity contribution in [3.8, 4) is 28.3 Å². The van der Waals surface area contributed by atoms with Crippen LogP contribution in [0.25, 0.3) is 22.5 Å². The van der Waals surface area contributed by atoms with E-state index in [4.69, 9.17) is 20.4 Å². The highest BCUT2D eigenvalue weighted by molar-refractivity contribution is 5.81. The van der Waals surface area contributed by atoms with Crippen LogP contribution in [0.1, 0.15) is 32.1 Å². The molecule has 212 valence electrons. The first-order chi connectivity index (χ1) is 20.1. The van der Waals surface area contributed by atoms with Gasteiger partial charge in [0.05, 0.1) is 12.7 Å². The lowest BCUT2D eigenvalue weighted by Gasteiger charge is -2.34. The van der Waals surface area contributed by atoms with Crippen molar-refractivity contribution >= 4 is 23.1 Å². The highest BCUT2D eigenvalue weighted by atomic mass is 19.1. The fourth-order valence-electron chi connectivity index (χ4n) is 5.65. The smallest absolute Gasteiger partial charge is 0.168 e. The van der Waals surface area contributed by atoms with Gasteiger partial charge in [0.25, 0.3) is 0 Å². The van der Waals surface area contributed by atoms with Crippen LogP contribution in [0.3, 0.4) is 0 Å². The molecular formula is C31H35FN8O. The quantitative estimate of drug-likeness (QED) is 0.310. The van der Waals surface area contributed by atoms with E-state index in [1.54, 1.807) is 24.4 Å². The molecule has 0 spiro atoms. The highest BCUT2D eigenvalue weighted by Gasteiger charge is 2.22. The van der Waals surface area contributed by atoms with Gasteiger partial charge in [0.2, 0.25) is 0 Å². The third kappa shape index (κ3) is 5.92. The molecule has 2 aliphatic rings. The Morgan fingerprint density at radius 3 is 2.56 bits per heavy atom. The van der Waals surface area contributed by atoms with Crippen molar-refractivity contribution < 1.29 is 9.13 Å². The monoisotopic (exact) mass is 554 g/mol. The zero-order valence-corrected chi connectivity index (χ0v) is 23.3. The molecule has 10 heteroatoms. The number of piperidine rings is 2. The van der Waals surface area contributed by atoms with Crippen LogP contribution in [0.15, 0.2) is 61.1 Å². The summed E-state index contributed by atoms with van der Waals surface area (Å²) in [5.41, 5.74) is 9.64. The van der Waals surface area contributed by atoms with Crippen molar-refractivity contribution in [3.05, 3.63) is 66.9 Å². The molecule has 0 aliphatic carbocycles. The van der Waals surface area contributed by atoms with Gasteiger partial charge in [-0.3, -0.25) is 0 Å². The van der Waals surface area contributed by atoms with E-state index in [0.29, 0.717) is 17.4 Å². The van der Waals surface area contributed by atoms with Gasteiger partial charge in [0.15, 0.2) is 5.82 Å². The number of pyridine rings is 2. The van der Waals surface area contributed by atoms with Crippen molar-refractivity contribution in [1.82, 2.24) is 19.9 Å². The van der Waals surface area contributed by atoms with Gasteiger partial charge < -0.3 is 25.6 Å². The second-order valence-electron chi connectivity index (χ2n) is 10.6. The summed E-state index contributed by atoms with van der Waals surface area (Å²) >= 11 is 0. The molecule has 3 aromatic heterocycles. The molecule has 0 radical (unpaired) electrons. The Morgan fingerprint density at radius 1 is 0.927 bits per heavy atom. The average Bonchev–Trinajstić information content (AvgIpc) is 3.01. The summed E-state index contributed by atoms with van der Waals surface area (Å²) in [5.74, 6) is 2.28. The Kier molecular flexibility index (Phi) is 7.91. The van der Waals surface area contributed by atoms with Crippen molar-refractivity contribution in [3.63, 3.8) is 0 Å². The van der Waals surface area contributed by atoms with Gasteiger partial charge >= 0.3 is 0 Å². The molecule has 0 unspecified atom stereocenters. The maximum Gasteiger partial charge on any atom is 0.168 e. The Bertz CT molecular complexity index is 1490. The van der Waals surface area contributed by atoms with E-state index in [0.717, 1.165) is 61.7 Å². The molecular weight excluding hydrogens is 519 g/mol. The number of aromatic nitrogens is 4. The van der Waals surface area contributed by atoms with E-state index in [1.807, 2.05) is 18.5 Å². The van der Waals surface area contributed by atoms with E-state index in [9.17, 15) is 4.39 Å². The Labute approximate surface area is 239 Å². The van der Waals surface area contributed by atoms with Gasteiger partial charge in [-0.25, -0.2) is 24.3 Å². The maximum atomic E-state index is 14.7. The average molecular weight is 555 g/mol. The number of nitrogens with two attached hydrogens (primary N) is 1. The lowest BCUT2D eigenvalue weighted by Crippen LogP contribution is -2.43. The molecule has 9 nitrogen and oxygen atoms in total. The predicted molar refractivity (Wildman–Crippen MR) is 160 cm³/mol. The van der Waals surface area contributed by atoms with Crippen LogP contribution in [0, 0.1) is 5.82 Å². The lowest BCUT2D eigenvalue weighted by molar-refractivity contribution is 0.413. The number of nitrogens with zero attached hydrogens (tertiary/aromatic N) is 6. The summed E-state index contributed by atoms with van der Waals surface area (Å²) < 4.78 is 20.0. The van der Waals surface area contributed by atoms with Crippen LogP contribution < -0.4 is 25.6 Å². The third-order valence-electron chi connectivity index (χ3n) is 7.75. The zero-order chi connectivity index (χ0) is 28.2. The van der Waals surface area contributed by atoms with Crippen LogP contribution in [0.5, 0.6) is 5.75 Å². The maximum absolute atomic E-state index is 14.7. The van der Waals surface area contributed by atoms with E-state index < -0.39 is 5.82 Å². The molecule has 0 bridgehead atoms. The summed E-state index contributed by atoms with van der Waals surface area (Å²) in [6.45, 7) is 3.79. The zero-order valence-electron chi connectivity index (χ0n) is 23.3. The number of nitrogens with one attached hydrogen (secondary N) is 1. The normalized spacial score (nSPS) is 17.4. The molecule has 0 saturated carbocycles. The second-order valence-corrected chi connectivity index (χ2v) is 10.6. The first-order valence-electron chi connectivity index (χ1n) is 14.2. The van der Waals surface area contributed by atoms with Gasteiger partial charge in [-0.1, -0.05) is 6.07 Å². The summed E-state index contributed by atoms with van der Waals surface area (Å²) in [4.78, 5) is 23.1. The lowest BCUT2D eigenvalue weighted by atomic mass is 10.0. The molecule has 1 aromatic carbocycles. The van der Waals surface area contributed by atoms with Gasteiger partial charge in [-0.2, -0.15) is 0 Å². The predicted octanol–water partition coefficient (Wildman–Crippen LogP) is 5.41. The molecule has 5 heterocycles. The minimum atomic E-state index is -0.451. The fraction of sp³-hybridized carbons (Fsp3) is 0.355. The highest BCUT2D eigenvalue weighted by Crippen LogP contribution is 2.35. The van der Waals surface area contributed by atoms with E-state index >= 15 is 0 Å². The van der Waals surface area contributed by atoms with Crippen molar-refractivity contribution in [2.24, 2.45) is 5.73 Å². The first kappa shape index (κ1) is 26.9. The Balaban J connectivity index is 1.31. The topological polar surface area (TPSA) is 105 Å². The fourth-order valence-corrected chi connectivity index (χ4v) is 5.65. The van der Waals surface area contributed by atoms with E-state index in [2.05, 4.69) is 37.2 Å². The summed E-state index contributed by atoms with van der Waals surface area (Å²) in [6.07, 6.45) is 11.2. The molecule has 1 atom stereocenters. The summed E-state index contributed by atoms with van der Waals surface area (Å²) in [5, 5.41) is 3.29. The number of hydrogen-bond donors (Lipinski definition) is 2. The van der Waals surface area contributed by atoms with Crippen LogP contribution in [-0.4, -0.2) is 59.3 Å². The van der Waals surface area contributed by atoms with Gasteiger partial charge in [-0.05, 0) is 62.4 Å². The molecule has 6 rings (SSSR count). The molecule has 41 heavy (non-hydrogen) atoms.